The van der Waals surface area contributed by atoms with Crippen LogP contribution in [-0.4, -0.2) is 31.1 Å². The van der Waals surface area contributed by atoms with Gasteiger partial charge in [-0.1, -0.05) is 13.8 Å². The molecule has 0 aliphatic carbocycles. The summed E-state index contributed by atoms with van der Waals surface area (Å²) < 4.78 is 21.2. The number of esters is 1. The zero-order valence-corrected chi connectivity index (χ0v) is 16.3. The third-order valence-corrected chi connectivity index (χ3v) is 3.93. The summed E-state index contributed by atoms with van der Waals surface area (Å²) in [6, 6.07) is 2.98. The Kier molecular flexibility index (Phi) is 6.44. The van der Waals surface area contributed by atoms with Crippen molar-refractivity contribution in [3.63, 3.8) is 0 Å². The molecule has 0 saturated heterocycles. The molecule has 2 aromatic rings. The van der Waals surface area contributed by atoms with Gasteiger partial charge in [-0.05, 0) is 13.8 Å². The van der Waals surface area contributed by atoms with Gasteiger partial charge in [0.25, 0.3) is 0 Å². The van der Waals surface area contributed by atoms with Crippen molar-refractivity contribution in [1.29, 1.82) is 0 Å². The summed E-state index contributed by atoms with van der Waals surface area (Å²) in [5.41, 5.74) is 1.15. The molecular weight excluding hydrogens is 352 g/mol. The molecule has 8 heteroatoms. The van der Waals surface area contributed by atoms with Crippen molar-refractivity contribution in [1.82, 2.24) is 4.98 Å². The van der Waals surface area contributed by atoms with E-state index in [-0.39, 0.29) is 29.7 Å². The van der Waals surface area contributed by atoms with E-state index in [0.29, 0.717) is 23.1 Å². The molecule has 146 valence electrons. The van der Waals surface area contributed by atoms with Gasteiger partial charge in [-0.3, -0.25) is 4.79 Å². The van der Waals surface area contributed by atoms with Gasteiger partial charge >= 0.3 is 5.97 Å². The molecule has 0 fully saturated rings. The highest BCUT2D eigenvalue weighted by Gasteiger charge is 2.21. The van der Waals surface area contributed by atoms with Crippen LogP contribution in [0.15, 0.2) is 16.5 Å². The maximum atomic E-state index is 12.6. The van der Waals surface area contributed by atoms with Crippen molar-refractivity contribution in [2.24, 2.45) is 5.92 Å². The van der Waals surface area contributed by atoms with Crippen molar-refractivity contribution < 1.29 is 28.2 Å². The number of rotatable bonds is 7. The van der Waals surface area contributed by atoms with Gasteiger partial charge in [-0.2, -0.15) is 0 Å². The van der Waals surface area contributed by atoms with Crippen LogP contribution in [0.25, 0.3) is 0 Å². The minimum atomic E-state index is -0.650. The molecule has 0 aliphatic heterocycles. The molecule has 0 aliphatic rings. The zero-order valence-electron chi connectivity index (χ0n) is 16.3. The molecule has 0 unspecified atom stereocenters. The smallest absolute Gasteiger partial charge is 0.340 e. The van der Waals surface area contributed by atoms with Crippen LogP contribution in [0, 0.1) is 19.8 Å². The van der Waals surface area contributed by atoms with Crippen molar-refractivity contribution in [3.05, 3.63) is 35.0 Å². The number of nitrogens with zero attached hydrogens (tertiary/aromatic N) is 1. The Morgan fingerprint density at radius 3 is 2.30 bits per heavy atom. The van der Waals surface area contributed by atoms with Gasteiger partial charge < -0.3 is 23.9 Å². The summed E-state index contributed by atoms with van der Waals surface area (Å²) in [5.74, 6) is 0.532. The Hall–Kier alpha value is -3.03. The number of benzene rings is 1. The molecule has 0 bridgehead atoms. The number of oxazole rings is 1. The molecule has 8 nitrogen and oxygen atoms in total. The molecule has 1 aromatic carbocycles. The quantitative estimate of drug-likeness (QED) is 0.740. The van der Waals surface area contributed by atoms with Crippen molar-refractivity contribution in [2.75, 3.05) is 19.5 Å². The van der Waals surface area contributed by atoms with E-state index in [1.54, 1.807) is 27.7 Å². The van der Waals surface area contributed by atoms with Crippen molar-refractivity contribution >= 4 is 17.6 Å². The average Bonchev–Trinajstić information content (AvgIpc) is 2.96. The van der Waals surface area contributed by atoms with Crippen LogP contribution < -0.4 is 14.8 Å². The summed E-state index contributed by atoms with van der Waals surface area (Å²) in [4.78, 5) is 28.9. The second kappa shape index (κ2) is 8.57. The molecule has 1 amide bonds. The Morgan fingerprint density at radius 1 is 1.15 bits per heavy atom. The third kappa shape index (κ3) is 4.78. The number of carbonyl (C=O) groups is 2. The highest BCUT2D eigenvalue weighted by molar-refractivity contribution is 6.02. The van der Waals surface area contributed by atoms with E-state index in [1.807, 2.05) is 0 Å². The fourth-order valence-corrected chi connectivity index (χ4v) is 2.23. The molecule has 1 heterocycles. The minimum Gasteiger partial charge on any atom is -0.493 e. The monoisotopic (exact) mass is 376 g/mol. The number of amides is 1. The van der Waals surface area contributed by atoms with E-state index in [1.165, 1.54) is 26.4 Å². The number of ether oxygens (including phenoxy) is 3. The van der Waals surface area contributed by atoms with Gasteiger partial charge in [-0.25, -0.2) is 9.78 Å². The van der Waals surface area contributed by atoms with Crippen molar-refractivity contribution in [3.8, 4) is 11.5 Å². The molecule has 27 heavy (non-hydrogen) atoms. The van der Waals surface area contributed by atoms with Gasteiger partial charge in [0.2, 0.25) is 11.8 Å². The summed E-state index contributed by atoms with van der Waals surface area (Å²) in [6.07, 6.45) is 0. The first-order valence-electron chi connectivity index (χ1n) is 8.43. The second-order valence-corrected chi connectivity index (χ2v) is 6.22. The van der Waals surface area contributed by atoms with E-state index < -0.39 is 5.97 Å². The lowest BCUT2D eigenvalue weighted by atomic mass is 10.1. The second-order valence-electron chi connectivity index (χ2n) is 6.22. The normalized spacial score (nSPS) is 10.6. The first-order chi connectivity index (χ1) is 12.8. The highest BCUT2D eigenvalue weighted by atomic mass is 16.5. The topological polar surface area (TPSA) is 99.9 Å². The fourth-order valence-electron chi connectivity index (χ4n) is 2.23. The fraction of sp³-hybridized carbons (Fsp3) is 0.421. The van der Waals surface area contributed by atoms with E-state index in [2.05, 4.69) is 10.3 Å². The maximum absolute atomic E-state index is 12.6. The van der Waals surface area contributed by atoms with Crippen LogP contribution in [0.3, 0.4) is 0 Å². The van der Waals surface area contributed by atoms with Gasteiger partial charge in [-0.15, -0.1) is 0 Å². The lowest BCUT2D eigenvalue weighted by Crippen LogP contribution is -2.20. The minimum absolute atomic E-state index is 0.126. The molecule has 0 saturated carbocycles. The van der Waals surface area contributed by atoms with Gasteiger partial charge in [0.15, 0.2) is 18.1 Å². The van der Waals surface area contributed by atoms with Crippen LogP contribution in [0.2, 0.25) is 0 Å². The predicted molar refractivity (Wildman–Crippen MR) is 98.1 cm³/mol. The largest absolute Gasteiger partial charge is 0.493 e. The highest BCUT2D eigenvalue weighted by Crippen LogP contribution is 2.34. The first-order valence-corrected chi connectivity index (χ1v) is 8.43. The van der Waals surface area contributed by atoms with Gasteiger partial charge in [0.05, 0.1) is 31.2 Å². The first kappa shape index (κ1) is 20.3. The Balaban J connectivity index is 2.30. The predicted octanol–water partition coefficient (Wildman–Crippen LogP) is 3.26. The Bertz CT molecular complexity index is 821. The summed E-state index contributed by atoms with van der Waals surface area (Å²) in [7, 11) is 2.93. The summed E-state index contributed by atoms with van der Waals surface area (Å²) in [6.45, 7) is 6.96. The van der Waals surface area contributed by atoms with Crippen LogP contribution in [0.5, 0.6) is 11.5 Å². The molecular formula is C19H24N2O6. The van der Waals surface area contributed by atoms with E-state index in [4.69, 9.17) is 18.6 Å². The molecule has 2 rings (SSSR count). The Morgan fingerprint density at radius 2 is 1.78 bits per heavy atom. The lowest BCUT2D eigenvalue weighted by molar-refractivity contribution is -0.118. The number of aryl methyl sites for hydroxylation is 2. The third-order valence-electron chi connectivity index (χ3n) is 3.93. The van der Waals surface area contributed by atoms with E-state index in [0.717, 1.165) is 5.69 Å². The molecule has 1 N–H and O–H groups in total. The summed E-state index contributed by atoms with van der Waals surface area (Å²) >= 11 is 0. The number of hydrogen-bond acceptors (Lipinski definition) is 7. The standard InChI is InChI=1S/C19H24N2O6/c1-10(2)18(22)21-14-8-16(25-6)15(24-5)7-13(14)19(23)26-9-17-20-11(3)12(4)27-17/h7-8,10H,9H2,1-6H3,(H,21,22). The molecule has 1 aromatic heterocycles. The van der Waals surface area contributed by atoms with Crippen LogP contribution in [-0.2, 0) is 16.1 Å². The summed E-state index contributed by atoms with van der Waals surface area (Å²) in [5, 5.41) is 2.71. The molecule has 0 spiro atoms. The molecule has 0 radical (unpaired) electrons. The average molecular weight is 376 g/mol. The number of carbonyl (C=O) groups excluding carboxylic acids is 2. The van der Waals surface area contributed by atoms with Crippen molar-refractivity contribution in [2.45, 2.75) is 34.3 Å². The van der Waals surface area contributed by atoms with Gasteiger partial charge in [0, 0.05) is 18.1 Å². The SMILES string of the molecule is COc1cc(NC(=O)C(C)C)c(C(=O)OCc2nc(C)c(C)o2)cc1OC. The van der Waals surface area contributed by atoms with Crippen LogP contribution in [0.1, 0.15) is 41.6 Å². The van der Waals surface area contributed by atoms with Crippen LogP contribution >= 0.6 is 0 Å². The maximum Gasteiger partial charge on any atom is 0.340 e. The van der Waals surface area contributed by atoms with E-state index >= 15 is 0 Å². The van der Waals surface area contributed by atoms with Gasteiger partial charge in [0.1, 0.15) is 5.76 Å². The number of aromatic nitrogens is 1. The van der Waals surface area contributed by atoms with E-state index in [9.17, 15) is 9.59 Å². The number of methoxy groups -OCH3 is 2. The number of anilines is 1. The zero-order chi connectivity index (χ0) is 20.1. The number of hydrogen-bond donors (Lipinski definition) is 1. The van der Waals surface area contributed by atoms with Crippen LogP contribution in [0.4, 0.5) is 5.69 Å². The molecule has 0 atom stereocenters. The number of nitrogens with one attached hydrogen (secondary N) is 1. The lowest BCUT2D eigenvalue weighted by Gasteiger charge is -2.16. The Labute approximate surface area is 157 Å².